The number of carbonyl (C=O) groups excluding carboxylic acids is 1. The SMILES string of the molecule is CCCNS(=O)(=O)c1cc([N+](=O)[O-])ccc1Oc1c(C)c(C(=O)NCC(C)C)nn1-c1cccc(F)c1. The second-order valence-electron chi connectivity index (χ2n) is 8.66. The number of halogens is 1. The molecule has 3 rings (SSSR count). The highest BCUT2D eigenvalue weighted by molar-refractivity contribution is 7.89. The first-order valence-electron chi connectivity index (χ1n) is 11.5. The van der Waals surface area contributed by atoms with Gasteiger partial charge in [-0.25, -0.2) is 17.5 Å². The third-order valence-corrected chi connectivity index (χ3v) is 6.67. The molecule has 2 aromatic carbocycles. The number of ether oxygens (including phenoxy) is 1. The van der Waals surface area contributed by atoms with Gasteiger partial charge in [0.15, 0.2) is 5.69 Å². The van der Waals surface area contributed by atoms with Gasteiger partial charge in [0.05, 0.1) is 10.6 Å². The molecule has 0 bridgehead atoms. The minimum Gasteiger partial charge on any atom is -0.437 e. The molecule has 0 spiro atoms. The van der Waals surface area contributed by atoms with Gasteiger partial charge in [0.2, 0.25) is 15.9 Å². The zero-order valence-electron chi connectivity index (χ0n) is 20.8. The van der Waals surface area contributed by atoms with Crippen LogP contribution in [0.15, 0.2) is 47.4 Å². The average molecular weight is 534 g/mol. The normalized spacial score (nSPS) is 11.5. The number of aromatic nitrogens is 2. The Morgan fingerprint density at radius 3 is 2.59 bits per heavy atom. The first kappa shape index (κ1) is 27.7. The van der Waals surface area contributed by atoms with Gasteiger partial charge in [-0.2, -0.15) is 9.78 Å². The highest BCUT2D eigenvalue weighted by atomic mass is 32.2. The van der Waals surface area contributed by atoms with Crippen LogP contribution < -0.4 is 14.8 Å². The summed E-state index contributed by atoms with van der Waals surface area (Å²) in [5.74, 6) is -1.17. The molecule has 13 heteroatoms. The van der Waals surface area contributed by atoms with Crippen LogP contribution in [-0.4, -0.2) is 42.1 Å². The monoisotopic (exact) mass is 533 g/mol. The molecule has 3 aromatic rings. The largest absolute Gasteiger partial charge is 0.437 e. The zero-order chi connectivity index (χ0) is 27.3. The van der Waals surface area contributed by atoms with E-state index in [2.05, 4.69) is 15.1 Å². The van der Waals surface area contributed by atoms with E-state index in [9.17, 15) is 27.7 Å². The summed E-state index contributed by atoms with van der Waals surface area (Å²) in [7, 11) is -4.20. The quantitative estimate of drug-likeness (QED) is 0.279. The molecule has 0 saturated carbocycles. The number of carbonyl (C=O) groups is 1. The average Bonchev–Trinajstić information content (AvgIpc) is 3.17. The molecule has 0 atom stereocenters. The molecule has 0 fully saturated rings. The number of nitrogens with one attached hydrogen (secondary N) is 2. The molecule has 1 aromatic heterocycles. The number of hydrogen-bond donors (Lipinski definition) is 2. The van der Waals surface area contributed by atoms with Crippen molar-refractivity contribution in [2.45, 2.75) is 39.0 Å². The lowest BCUT2D eigenvalue weighted by molar-refractivity contribution is -0.385. The number of sulfonamides is 1. The molecular formula is C24H28FN5O6S. The Hall–Kier alpha value is -3.84. The summed E-state index contributed by atoms with van der Waals surface area (Å²) in [6.45, 7) is 7.66. The van der Waals surface area contributed by atoms with Gasteiger partial charge in [0.1, 0.15) is 16.5 Å². The molecule has 0 radical (unpaired) electrons. The minimum absolute atomic E-state index is 0.00432. The first-order valence-corrected chi connectivity index (χ1v) is 13.0. The number of benzene rings is 2. The van der Waals surface area contributed by atoms with Crippen molar-refractivity contribution in [3.05, 3.63) is 69.7 Å². The molecule has 198 valence electrons. The molecular weight excluding hydrogens is 505 g/mol. The van der Waals surface area contributed by atoms with E-state index in [0.29, 0.717) is 13.0 Å². The van der Waals surface area contributed by atoms with E-state index in [4.69, 9.17) is 4.74 Å². The molecule has 1 heterocycles. The van der Waals surface area contributed by atoms with Crippen molar-refractivity contribution in [3.8, 4) is 17.3 Å². The highest BCUT2D eigenvalue weighted by Gasteiger charge is 2.27. The van der Waals surface area contributed by atoms with Crippen molar-refractivity contribution >= 4 is 21.6 Å². The van der Waals surface area contributed by atoms with Gasteiger partial charge in [-0.1, -0.05) is 26.8 Å². The van der Waals surface area contributed by atoms with E-state index in [-0.39, 0.29) is 41.0 Å². The number of nitro groups is 1. The highest BCUT2D eigenvalue weighted by Crippen LogP contribution is 2.35. The van der Waals surface area contributed by atoms with Gasteiger partial charge in [0.25, 0.3) is 11.6 Å². The lowest BCUT2D eigenvalue weighted by Crippen LogP contribution is -2.28. The number of rotatable bonds is 11. The Balaban J connectivity index is 2.18. The first-order chi connectivity index (χ1) is 17.4. The summed E-state index contributed by atoms with van der Waals surface area (Å²) in [4.78, 5) is 23.0. The Morgan fingerprint density at radius 2 is 1.97 bits per heavy atom. The van der Waals surface area contributed by atoms with Crippen molar-refractivity contribution in [2.75, 3.05) is 13.1 Å². The zero-order valence-corrected chi connectivity index (χ0v) is 21.6. The molecule has 0 saturated heterocycles. The summed E-state index contributed by atoms with van der Waals surface area (Å²) in [6.07, 6.45) is 0.491. The fourth-order valence-electron chi connectivity index (χ4n) is 3.30. The van der Waals surface area contributed by atoms with Crippen molar-refractivity contribution in [1.29, 1.82) is 0 Å². The lowest BCUT2D eigenvalue weighted by Gasteiger charge is -2.14. The van der Waals surface area contributed by atoms with Gasteiger partial charge >= 0.3 is 0 Å². The van der Waals surface area contributed by atoms with Crippen LogP contribution in [0.2, 0.25) is 0 Å². The summed E-state index contributed by atoms with van der Waals surface area (Å²) in [5.41, 5.74) is 0.0221. The minimum atomic E-state index is -4.20. The molecule has 0 unspecified atom stereocenters. The smallest absolute Gasteiger partial charge is 0.272 e. The predicted molar refractivity (Wildman–Crippen MR) is 134 cm³/mol. The fraction of sp³-hybridized carbons (Fsp3) is 0.333. The summed E-state index contributed by atoms with van der Waals surface area (Å²) in [6, 6.07) is 8.53. The lowest BCUT2D eigenvalue weighted by atomic mass is 10.2. The van der Waals surface area contributed by atoms with Crippen LogP contribution >= 0.6 is 0 Å². The van der Waals surface area contributed by atoms with Crippen LogP contribution in [0.3, 0.4) is 0 Å². The van der Waals surface area contributed by atoms with Crippen LogP contribution in [0.5, 0.6) is 11.6 Å². The van der Waals surface area contributed by atoms with Crippen molar-refractivity contribution < 1.29 is 27.3 Å². The Morgan fingerprint density at radius 1 is 1.24 bits per heavy atom. The van der Waals surface area contributed by atoms with Gasteiger partial charge in [-0.3, -0.25) is 14.9 Å². The van der Waals surface area contributed by atoms with Crippen LogP contribution in [0.4, 0.5) is 10.1 Å². The van der Waals surface area contributed by atoms with Crippen molar-refractivity contribution in [3.63, 3.8) is 0 Å². The van der Waals surface area contributed by atoms with Crippen LogP contribution in [0.25, 0.3) is 5.69 Å². The maximum absolute atomic E-state index is 14.0. The molecule has 0 aliphatic heterocycles. The predicted octanol–water partition coefficient (Wildman–Crippen LogP) is 4.09. The number of non-ortho nitro benzene ring substituents is 1. The topological polar surface area (TPSA) is 145 Å². The van der Waals surface area contributed by atoms with Crippen LogP contribution in [-0.2, 0) is 10.0 Å². The maximum atomic E-state index is 14.0. The second kappa shape index (κ2) is 11.5. The van der Waals surface area contributed by atoms with E-state index < -0.39 is 37.3 Å². The molecule has 2 N–H and O–H groups in total. The molecule has 37 heavy (non-hydrogen) atoms. The summed E-state index contributed by atoms with van der Waals surface area (Å²) in [5, 5.41) is 18.4. The van der Waals surface area contributed by atoms with Crippen molar-refractivity contribution in [1.82, 2.24) is 19.8 Å². The van der Waals surface area contributed by atoms with Gasteiger partial charge < -0.3 is 10.1 Å². The van der Waals surface area contributed by atoms with Gasteiger partial charge in [-0.05, 0) is 43.5 Å². The van der Waals surface area contributed by atoms with E-state index in [0.717, 1.165) is 18.2 Å². The number of nitro benzene ring substituents is 1. The van der Waals surface area contributed by atoms with E-state index in [1.807, 2.05) is 13.8 Å². The second-order valence-corrected chi connectivity index (χ2v) is 10.4. The number of nitrogens with zero attached hydrogens (tertiary/aromatic N) is 3. The Kier molecular flexibility index (Phi) is 8.61. The van der Waals surface area contributed by atoms with E-state index in [1.54, 1.807) is 13.8 Å². The molecule has 0 aliphatic carbocycles. The third kappa shape index (κ3) is 6.49. The van der Waals surface area contributed by atoms with Gasteiger partial charge in [-0.15, -0.1) is 0 Å². The molecule has 0 aliphatic rings. The summed E-state index contributed by atoms with van der Waals surface area (Å²) >= 11 is 0. The van der Waals surface area contributed by atoms with Gasteiger partial charge in [0, 0.05) is 30.8 Å². The summed E-state index contributed by atoms with van der Waals surface area (Å²) < 4.78 is 49.5. The standard InChI is InChI=1S/C24H28FN5O6S/c1-5-11-27-37(34,35)21-13-19(30(32)33)9-10-20(21)36-24-16(4)22(23(31)26-14-15(2)3)28-29(24)18-8-6-7-17(25)12-18/h6-10,12-13,15,27H,5,11,14H2,1-4H3,(H,26,31). The maximum Gasteiger partial charge on any atom is 0.272 e. The number of hydrogen-bond acceptors (Lipinski definition) is 7. The Bertz CT molecular complexity index is 1420. The molecule has 1 amide bonds. The van der Waals surface area contributed by atoms with Crippen LogP contribution in [0.1, 0.15) is 43.2 Å². The van der Waals surface area contributed by atoms with Crippen LogP contribution in [0, 0.1) is 28.8 Å². The fourth-order valence-corrected chi connectivity index (χ4v) is 4.58. The molecule has 11 nitrogen and oxygen atoms in total. The van der Waals surface area contributed by atoms with Crippen molar-refractivity contribution in [2.24, 2.45) is 5.92 Å². The number of amides is 1. The van der Waals surface area contributed by atoms with E-state index in [1.165, 1.54) is 28.9 Å². The van der Waals surface area contributed by atoms with E-state index >= 15 is 0 Å². The third-order valence-electron chi connectivity index (χ3n) is 5.18. The Labute approximate surface area is 213 Å².